The molecule has 7 nitrogen and oxygen atoms in total. The maximum absolute atomic E-state index is 13.0. The number of benzene rings is 3. The number of carbonyl (C=O) groups excluding carboxylic acids is 3. The molecule has 0 radical (unpaired) electrons. The molecule has 37 heavy (non-hydrogen) atoms. The zero-order chi connectivity index (χ0) is 26.5. The molecular weight excluding hydrogens is 492 g/mol. The minimum Gasteiger partial charge on any atom is -0.465 e. The number of methoxy groups -OCH3 is 1. The van der Waals surface area contributed by atoms with Crippen molar-refractivity contribution in [3.05, 3.63) is 100 Å². The maximum Gasteiger partial charge on any atom is 0.338 e. The first-order valence-corrected chi connectivity index (χ1v) is 12.2. The lowest BCUT2D eigenvalue weighted by Crippen LogP contribution is -2.32. The molecule has 2 N–H and O–H groups in total. The van der Waals surface area contributed by atoms with Gasteiger partial charge in [0.1, 0.15) is 6.04 Å². The second-order valence-electron chi connectivity index (χ2n) is 8.58. The largest absolute Gasteiger partial charge is 0.465 e. The molecule has 2 atom stereocenters. The Labute approximate surface area is 220 Å². The number of ether oxygens (including phenoxy) is 2. The summed E-state index contributed by atoms with van der Waals surface area (Å²) in [4.78, 5) is 38.5. The van der Waals surface area contributed by atoms with E-state index in [1.165, 1.54) is 7.11 Å². The highest BCUT2D eigenvalue weighted by molar-refractivity contribution is 6.32. The fourth-order valence-corrected chi connectivity index (χ4v) is 4.78. The Hall–Kier alpha value is -4.10. The molecule has 3 aromatic rings. The Morgan fingerprint density at radius 3 is 2.46 bits per heavy atom. The lowest BCUT2D eigenvalue weighted by atomic mass is 9.90. The minimum atomic E-state index is -0.783. The van der Waals surface area contributed by atoms with Gasteiger partial charge in [0.15, 0.2) is 0 Å². The third-order valence-electron chi connectivity index (χ3n) is 6.04. The van der Waals surface area contributed by atoms with Gasteiger partial charge in [-0.1, -0.05) is 48.0 Å². The molecule has 1 aliphatic rings. The van der Waals surface area contributed by atoms with Gasteiger partial charge in [0.2, 0.25) is 0 Å². The number of rotatable bonds is 7. The fourth-order valence-electron chi connectivity index (χ4n) is 4.38. The van der Waals surface area contributed by atoms with Crippen molar-refractivity contribution in [1.29, 1.82) is 0 Å². The fraction of sp³-hybridized carbons (Fsp3) is 0.207. The SMILES string of the molecule is CCOC(=O)C1Nc2cc(C)cc(Cl)c2C1/C=C(/C(=O)OC)c1cccc(NC(=O)c2ccccc2)c1. The van der Waals surface area contributed by atoms with E-state index in [1.807, 2.05) is 25.1 Å². The van der Waals surface area contributed by atoms with Crippen molar-refractivity contribution in [2.24, 2.45) is 0 Å². The van der Waals surface area contributed by atoms with E-state index in [0.717, 1.165) is 5.56 Å². The number of halogens is 1. The molecule has 3 aromatic carbocycles. The average Bonchev–Trinajstić information content (AvgIpc) is 3.26. The van der Waals surface area contributed by atoms with Crippen molar-refractivity contribution < 1.29 is 23.9 Å². The summed E-state index contributed by atoms with van der Waals surface area (Å²) in [5.41, 5.74) is 4.08. The van der Waals surface area contributed by atoms with E-state index >= 15 is 0 Å². The van der Waals surface area contributed by atoms with Crippen LogP contribution in [-0.2, 0) is 19.1 Å². The molecule has 0 bridgehead atoms. The van der Waals surface area contributed by atoms with Crippen LogP contribution in [0.25, 0.3) is 5.57 Å². The van der Waals surface area contributed by atoms with Gasteiger partial charge in [-0.15, -0.1) is 0 Å². The predicted molar refractivity (Wildman–Crippen MR) is 144 cm³/mol. The topological polar surface area (TPSA) is 93.7 Å². The van der Waals surface area contributed by atoms with Crippen LogP contribution in [0, 0.1) is 6.92 Å². The second-order valence-corrected chi connectivity index (χ2v) is 8.99. The van der Waals surface area contributed by atoms with Gasteiger partial charge in [-0.3, -0.25) is 4.79 Å². The van der Waals surface area contributed by atoms with Gasteiger partial charge in [0, 0.05) is 33.4 Å². The summed E-state index contributed by atoms with van der Waals surface area (Å²) in [6.07, 6.45) is 1.67. The highest BCUT2D eigenvalue weighted by Gasteiger charge is 2.39. The van der Waals surface area contributed by atoms with Crippen molar-refractivity contribution in [2.45, 2.75) is 25.8 Å². The second kappa shape index (κ2) is 11.3. The molecule has 0 saturated heterocycles. The summed E-state index contributed by atoms with van der Waals surface area (Å²) < 4.78 is 10.4. The van der Waals surface area contributed by atoms with Crippen LogP contribution in [0.15, 0.2) is 72.8 Å². The summed E-state index contributed by atoms with van der Waals surface area (Å²) in [5.74, 6) is -1.92. The molecule has 1 aliphatic heterocycles. The van der Waals surface area contributed by atoms with Crippen molar-refractivity contribution in [1.82, 2.24) is 0 Å². The monoisotopic (exact) mass is 518 g/mol. The van der Waals surface area contributed by atoms with Crippen molar-refractivity contribution in [3.8, 4) is 0 Å². The molecule has 4 rings (SSSR count). The molecule has 190 valence electrons. The minimum absolute atomic E-state index is 0.212. The van der Waals surface area contributed by atoms with Gasteiger partial charge in [-0.05, 0) is 61.4 Å². The van der Waals surface area contributed by atoms with Crippen molar-refractivity contribution in [3.63, 3.8) is 0 Å². The predicted octanol–water partition coefficient (Wildman–Crippen LogP) is 5.60. The van der Waals surface area contributed by atoms with Crippen LogP contribution in [-0.4, -0.2) is 37.6 Å². The first-order valence-electron chi connectivity index (χ1n) is 11.8. The van der Waals surface area contributed by atoms with Gasteiger partial charge in [0.25, 0.3) is 5.91 Å². The lowest BCUT2D eigenvalue weighted by Gasteiger charge is -2.18. The molecule has 2 unspecified atom stereocenters. The number of hydrogen-bond acceptors (Lipinski definition) is 6. The highest BCUT2D eigenvalue weighted by atomic mass is 35.5. The number of fused-ring (bicyclic) bond motifs is 1. The Kier molecular flexibility index (Phi) is 7.94. The van der Waals surface area contributed by atoms with Gasteiger partial charge >= 0.3 is 11.9 Å². The smallest absolute Gasteiger partial charge is 0.338 e. The number of aryl methyl sites for hydroxylation is 1. The molecule has 0 spiro atoms. The van der Waals surface area contributed by atoms with Gasteiger partial charge < -0.3 is 20.1 Å². The van der Waals surface area contributed by atoms with Crippen LogP contribution in [0.2, 0.25) is 5.02 Å². The molecule has 0 saturated carbocycles. The Morgan fingerprint density at radius 2 is 1.76 bits per heavy atom. The molecule has 0 aromatic heterocycles. The maximum atomic E-state index is 13.0. The van der Waals surface area contributed by atoms with E-state index in [2.05, 4.69) is 10.6 Å². The summed E-state index contributed by atoms with van der Waals surface area (Å²) in [7, 11) is 1.29. The Balaban J connectivity index is 1.75. The van der Waals surface area contributed by atoms with E-state index in [4.69, 9.17) is 21.1 Å². The third-order valence-corrected chi connectivity index (χ3v) is 6.35. The number of anilines is 2. The highest BCUT2D eigenvalue weighted by Crippen LogP contribution is 2.44. The van der Waals surface area contributed by atoms with Crippen molar-refractivity contribution >= 4 is 46.4 Å². The van der Waals surface area contributed by atoms with Crippen LogP contribution in [0.3, 0.4) is 0 Å². The average molecular weight is 519 g/mol. The summed E-state index contributed by atoms with van der Waals surface area (Å²) in [5, 5.41) is 6.54. The number of amides is 1. The Morgan fingerprint density at radius 1 is 1.03 bits per heavy atom. The van der Waals surface area contributed by atoms with E-state index in [9.17, 15) is 14.4 Å². The first kappa shape index (κ1) is 26.0. The van der Waals surface area contributed by atoms with Gasteiger partial charge in [-0.2, -0.15) is 0 Å². The van der Waals surface area contributed by atoms with E-state index < -0.39 is 23.9 Å². The summed E-state index contributed by atoms with van der Waals surface area (Å²) >= 11 is 6.62. The molecule has 0 fully saturated rings. The zero-order valence-corrected chi connectivity index (χ0v) is 21.5. The number of carbonyl (C=O) groups is 3. The molecular formula is C29H27ClN2O5. The van der Waals surface area contributed by atoms with E-state index in [1.54, 1.807) is 61.5 Å². The third kappa shape index (κ3) is 5.67. The quantitative estimate of drug-likeness (QED) is 0.312. The van der Waals surface area contributed by atoms with E-state index in [-0.39, 0.29) is 18.1 Å². The van der Waals surface area contributed by atoms with Gasteiger partial charge in [-0.25, -0.2) is 9.59 Å². The van der Waals surface area contributed by atoms with Gasteiger partial charge in [0.05, 0.1) is 19.3 Å². The number of hydrogen-bond donors (Lipinski definition) is 2. The molecule has 1 amide bonds. The van der Waals surface area contributed by atoms with E-state index in [0.29, 0.717) is 33.1 Å². The van der Waals surface area contributed by atoms with Crippen LogP contribution in [0.5, 0.6) is 0 Å². The standard InChI is InChI=1S/C29H27ClN2O5/c1-4-37-29(35)26-22(25-23(30)13-17(2)14-24(25)32-26)16-21(28(34)36-3)19-11-8-12-20(15-19)31-27(33)18-9-6-5-7-10-18/h5-16,22,26,32H,4H2,1-3H3,(H,31,33)/b21-16+. The normalized spacial score (nSPS) is 16.4. The zero-order valence-electron chi connectivity index (χ0n) is 20.7. The van der Waals surface area contributed by atoms with Crippen LogP contribution in [0.4, 0.5) is 11.4 Å². The number of nitrogens with one attached hydrogen (secondary N) is 2. The van der Waals surface area contributed by atoms with Crippen molar-refractivity contribution in [2.75, 3.05) is 24.4 Å². The first-order chi connectivity index (χ1) is 17.8. The lowest BCUT2D eigenvalue weighted by molar-refractivity contribution is -0.144. The van der Waals surface area contributed by atoms with Crippen LogP contribution >= 0.6 is 11.6 Å². The molecule has 0 aliphatic carbocycles. The Bertz CT molecular complexity index is 1370. The number of esters is 2. The van der Waals surface area contributed by atoms with Crippen LogP contribution in [0.1, 0.15) is 39.9 Å². The van der Waals surface area contributed by atoms with Crippen LogP contribution < -0.4 is 10.6 Å². The summed E-state index contributed by atoms with van der Waals surface area (Å²) in [6.45, 7) is 3.85. The molecule has 1 heterocycles. The summed E-state index contributed by atoms with van der Waals surface area (Å²) in [6, 6.07) is 18.6. The molecule has 8 heteroatoms.